The summed E-state index contributed by atoms with van der Waals surface area (Å²) in [5.41, 5.74) is -0.788. The molecular formula is C22H30CaO4. The fraction of sp³-hybridized carbons (Fsp3) is 0.909. The zero-order valence-corrected chi connectivity index (χ0v) is 18.5. The van der Waals surface area contributed by atoms with E-state index in [2.05, 4.69) is 0 Å². The second-order valence-electron chi connectivity index (χ2n) is 11.0. The van der Waals surface area contributed by atoms with Gasteiger partial charge in [0.15, 0.2) is 0 Å². The maximum absolute atomic E-state index is 11.1. The average molecular weight is 399 g/mol. The maximum atomic E-state index is 11.1. The summed E-state index contributed by atoms with van der Waals surface area (Å²) in [6.07, 6.45) is 13.3. The number of aliphatic carboxylic acids is 2. The van der Waals surface area contributed by atoms with Crippen LogP contribution in [-0.2, 0) is 9.59 Å². The first-order chi connectivity index (χ1) is 12.4. The summed E-state index contributed by atoms with van der Waals surface area (Å²) in [4.78, 5) is 22.3. The fourth-order valence-electron chi connectivity index (χ4n) is 8.72. The summed E-state index contributed by atoms with van der Waals surface area (Å²) in [5.74, 6) is 2.76. The predicted molar refractivity (Wildman–Crippen MR) is 97.0 cm³/mol. The van der Waals surface area contributed by atoms with Gasteiger partial charge in [0.1, 0.15) is 0 Å². The van der Waals surface area contributed by atoms with Crippen molar-refractivity contribution in [1.29, 1.82) is 0 Å². The molecule has 8 bridgehead atoms. The van der Waals surface area contributed by atoms with Crippen molar-refractivity contribution in [3.63, 3.8) is 0 Å². The monoisotopic (exact) mass is 398 g/mol. The van der Waals surface area contributed by atoms with Crippen molar-refractivity contribution in [3.8, 4) is 0 Å². The molecule has 5 heteroatoms. The molecule has 27 heavy (non-hydrogen) atoms. The second kappa shape index (κ2) is 7.16. The van der Waals surface area contributed by atoms with Gasteiger partial charge in [-0.2, -0.15) is 0 Å². The van der Waals surface area contributed by atoms with E-state index in [1.54, 1.807) is 0 Å². The number of carbonyl (C=O) groups excluding carboxylic acids is 2. The molecule has 8 aliphatic rings. The van der Waals surface area contributed by atoms with E-state index in [1.165, 1.54) is 38.5 Å². The van der Waals surface area contributed by atoms with E-state index < -0.39 is 22.8 Å². The van der Waals surface area contributed by atoms with E-state index in [-0.39, 0.29) is 37.7 Å². The molecule has 0 spiro atoms. The molecule has 0 aromatic carbocycles. The Morgan fingerprint density at radius 3 is 0.852 bits per heavy atom. The third kappa shape index (κ3) is 3.50. The topological polar surface area (TPSA) is 80.3 Å². The Morgan fingerprint density at radius 2 is 0.704 bits per heavy atom. The molecule has 8 rings (SSSR count). The maximum Gasteiger partial charge on any atom is 2.00 e. The van der Waals surface area contributed by atoms with Gasteiger partial charge in [-0.3, -0.25) is 0 Å². The molecule has 8 aliphatic carbocycles. The average Bonchev–Trinajstić information content (AvgIpc) is 2.52. The number of carbonyl (C=O) groups is 2. The van der Waals surface area contributed by atoms with Gasteiger partial charge in [-0.15, -0.1) is 0 Å². The predicted octanol–water partition coefficient (Wildman–Crippen LogP) is 1.52. The van der Waals surface area contributed by atoms with Gasteiger partial charge in [-0.25, -0.2) is 0 Å². The first-order valence-corrected chi connectivity index (χ1v) is 10.8. The molecule has 0 unspecified atom stereocenters. The normalized spacial score (nSPS) is 50.5. The first-order valence-electron chi connectivity index (χ1n) is 10.8. The van der Waals surface area contributed by atoms with Crippen LogP contribution in [0, 0.1) is 46.3 Å². The zero-order chi connectivity index (χ0) is 18.1. The van der Waals surface area contributed by atoms with Crippen LogP contribution in [0.5, 0.6) is 0 Å². The van der Waals surface area contributed by atoms with Crippen molar-refractivity contribution in [2.75, 3.05) is 0 Å². The van der Waals surface area contributed by atoms with Gasteiger partial charge in [0.05, 0.1) is 0 Å². The SMILES string of the molecule is O=C([O-])C12CC3CC(CC(C3)C1)C2.O=C([O-])C12CC3CC(CC(C3)C1)C2.[Ca+2]. The van der Waals surface area contributed by atoms with Crippen molar-refractivity contribution in [2.24, 2.45) is 46.3 Å². The van der Waals surface area contributed by atoms with Crippen molar-refractivity contribution in [2.45, 2.75) is 77.0 Å². The van der Waals surface area contributed by atoms with Crippen LogP contribution in [0.25, 0.3) is 0 Å². The molecule has 0 atom stereocenters. The Kier molecular flexibility index (Phi) is 5.43. The Morgan fingerprint density at radius 1 is 0.519 bits per heavy atom. The zero-order valence-electron chi connectivity index (χ0n) is 16.3. The minimum atomic E-state index is -0.758. The van der Waals surface area contributed by atoms with Crippen LogP contribution in [-0.4, -0.2) is 49.7 Å². The van der Waals surface area contributed by atoms with E-state index >= 15 is 0 Å². The van der Waals surface area contributed by atoms with Crippen LogP contribution in [0.3, 0.4) is 0 Å². The third-order valence-corrected chi connectivity index (χ3v) is 8.94. The van der Waals surface area contributed by atoms with Gasteiger partial charge >= 0.3 is 37.7 Å². The summed E-state index contributed by atoms with van der Waals surface area (Å²) in [7, 11) is 0. The van der Waals surface area contributed by atoms with E-state index in [0.717, 1.165) is 38.5 Å². The van der Waals surface area contributed by atoms with E-state index in [4.69, 9.17) is 0 Å². The molecule has 0 aliphatic heterocycles. The number of hydrogen-bond donors (Lipinski definition) is 0. The van der Waals surface area contributed by atoms with Gasteiger partial charge in [-0.05, 0) is 113 Å². The molecule has 8 saturated carbocycles. The molecule has 0 aromatic heterocycles. The van der Waals surface area contributed by atoms with Crippen LogP contribution in [0.4, 0.5) is 0 Å². The largest absolute Gasteiger partial charge is 2.00 e. The summed E-state index contributed by atoms with van der Waals surface area (Å²) in [6.45, 7) is 0. The molecule has 0 amide bonds. The molecule has 0 N–H and O–H groups in total. The van der Waals surface area contributed by atoms with Crippen molar-refractivity contribution >= 4 is 49.7 Å². The number of carboxylic acid groups (broad SMARTS) is 2. The number of hydrogen-bond acceptors (Lipinski definition) is 4. The van der Waals surface area contributed by atoms with E-state index in [9.17, 15) is 19.8 Å². The van der Waals surface area contributed by atoms with E-state index in [0.29, 0.717) is 35.5 Å². The van der Waals surface area contributed by atoms with Crippen molar-refractivity contribution < 1.29 is 19.8 Å². The molecule has 0 radical (unpaired) electrons. The molecule has 144 valence electrons. The van der Waals surface area contributed by atoms with Gasteiger partial charge in [0.2, 0.25) is 0 Å². The molecule has 8 fully saturated rings. The summed E-state index contributed by atoms with van der Waals surface area (Å²) in [6, 6.07) is 0. The third-order valence-electron chi connectivity index (χ3n) is 8.94. The van der Waals surface area contributed by atoms with Crippen LogP contribution in [0.2, 0.25) is 0 Å². The standard InChI is InChI=1S/2C11H16O2.Ca/c2*12-10(13)11-4-7-1-8(5-11)3-9(2-7)6-11;/h2*7-9H,1-6H2,(H,12,13);/q;;+2/p-2. The van der Waals surface area contributed by atoms with Crippen LogP contribution in [0.1, 0.15) is 77.0 Å². The smallest absolute Gasteiger partial charge is 0.550 e. The summed E-state index contributed by atoms with van der Waals surface area (Å²) in [5, 5.41) is 22.3. The quantitative estimate of drug-likeness (QED) is 0.661. The molecule has 0 saturated heterocycles. The molecular weight excluding hydrogens is 368 g/mol. The minimum absolute atomic E-state index is 0. The van der Waals surface area contributed by atoms with E-state index in [1.807, 2.05) is 0 Å². The summed E-state index contributed by atoms with van der Waals surface area (Å²) >= 11 is 0. The van der Waals surface area contributed by atoms with Gasteiger partial charge < -0.3 is 19.8 Å². The van der Waals surface area contributed by atoms with Crippen LogP contribution < -0.4 is 10.2 Å². The van der Waals surface area contributed by atoms with Crippen LogP contribution >= 0.6 is 0 Å². The van der Waals surface area contributed by atoms with Gasteiger partial charge in [0, 0.05) is 22.8 Å². The Balaban J connectivity index is 0.000000129. The number of rotatable bonds is 2. The van der Waals surface area contributed by atoms with Gasteiger partial charge in [0.25, 0.3) is 0 Å². The minimum Gasteiger partial charge on any atom is -0.550 e. The van der Waals surface area contributed by atoms with Gasteiger partial charge in [-0.1, -0.05) is 0 Å². The summed E-state index contributed by atoms with van der Waals surface area (Å²) < 4.78 is 0. The van der Waals surface area contributed by atoms with Crippen molar-refractivity contribution in [3.05, 3.63) is 0 Å². The van der Waals surface area contributed by atoms with Crippen LogP contribution in [0.15, 0.2) is 0 Å². The Bertz CT molecular complexity index is 503. The Hall–Kier alpha value is 0.200. The second-order valence-corrected chi connectivity index (χ2v) is 11.0. The first kappa shape index (κ1) is 20.5. The fourth-order valence-corrected chi connectivity index (χ4v) is 8.72. The number of carboxylic acids is 2. The molecule has 0 aromatic rings. The molecule has 4 nitrogen and oxygen atoms in total. The van der Waals surface area contributed by atoms with Crippen molar-refractivity contribution in [1.82, 2.24) is 0 Å². The Labute approximate surface area is 191 Å². The molecule has 0 heterocycles.